The van der Waals surface area contributed by atoms with Crippen molar-refractivity contribution >= 4 is 24.0 Å². The average molecular weight is 285 g/mol. The molecule has 0 fully saturated rings. The van der Waals surface area contributed by atoms with Crippen LogP contribution in [0.2, 0.25) is 0 Å². The van der Waals surface area contributed by atoms with Crippen LogP contribution in [0.3, 0.4) is 0 Å². The van der Waals surface area contributed by atoms with E-state index >= 15 is 0 Å². The summed E-state index contributed by atoms with van der Waals surface area (Å²) in [6.07, 6.45) is 0.00762. The SMILES string of the molecule is Cc1ccc2c(c1)OC(C)CN2C(=O)C(C)CN.Cl. The number of fused-ring (bicyclic) bond motifs is 1. The molecule has 0 saturated carbocycles. The summed E-state index contributed by atoms with van der Waals surface area (Å²) in [5, 5.41) is 0. The quantitative estimate of drug-likeness (QED) is 0.905. The summed E-state index contributed by atoms with van der Waals surface area (Å²) in [5.41, 5.74) is 7.56. The minimum Gasteiger partial charge on any atom is -0.487 e. The van der Waals surface area contributed by atoms with Crippen molar-refractivity contribution in [1.82, 2.24) is 0 Å². The number of hydrogen-bond donors (Lipinski definition) is 1. The first kappa shape index (κ1) is 15.8. The smallest absolute Gasteiger partial charge is 0.231 e. The van der Waals surface area contributed by atoms with Crippen LogP contribution in [-0.4, -0.2) is 25.1 Å². The molecule has 19 heavy (non-hydrogen) atoms. The van der Waals surface area contributed by atoms with Crippen molar-refractivity contribution in [2.45, 2.75) is 26.9 Å². The summed E-state index contributed by atoms with van der Waals surface area (Å²) < 4.78 is 5.78. The molecule has 1 aliphatic rings. The Morgan fingerprint density at radius 1 is 1.58 bits per heavy atom. The molecule has 2 atom stereocenters. The van der Waals surface area contributed by atoms with E-state index < -0.39 is 0 Å². The van der Waals surface area contributed by atoms with E-state index in [0.29, 0.717) is 13.1 Å². The van der Waals surface area contributed by atoms with Gasteiger partial charge in [-0.15, -0.1) is 12.4 Å². The fourth-order valence-corrected chi connectivity index (χ4v) is 2.12. The number of benzene rings is 1. The van der Waals surface area contributed by atoms with Crippen LogP contribution in [0.25, 0.3) is 0 Å². The summed E-state index contributed by atoms with van der Waals surface area (Å²) in [5.74, 6) is 0.688. The third-order valence-corrected chi connectivity index (χ3v) is 3.22. The van der Waals surface area contributed by atoms with Gasteiger partial charge in [-0.05, 0) is 31.5 Å². The molecule has 0 aromatic heterocycles. The number of halogens is 1. The van der Waals surface area contributed by atoms with Crippen molar-refractivity contribution in [1.29, 1.82) is 0 Å². The van der Waals surface area contributed by atoms with Crippen molar-refractivity contribution in [2.75, 3.05) is 18.0 Å². The molecule has 1 aromatic carbocycles. The first-order valence-electron chi connectivity index (χ1n) is 6.31. The van der Waals surface area contributed by atoms with E-state index in [4.69, 9.17) is 10.5 Å². The maximum Gasteiger partial charge on any atom is 0.231 e. The summed E-state index contributed by atoms with van der Waals surface area (Å²) in [6.45, 7) is 6.79. The standard InChI is InChI=1S/C14H20N2O2.ClH/c1-9-4-5-12-13(6-9)18-11(3)8-16(12)14(17)10(2)7-15;/h4-6,10-11H,7-8,15H2,1-3H3;1H. The molecule has 1 aromatic rings. The molecule has 0 aliphatic carbocycles. The molecule has 1 heterocycles. The highest BCUT2D eigenvalue weighted by Crippen LogP contribution is 2.34. The molecule has 0 spiro atoms. The molecule has 1 aliphatic heterocycles. The first-order valence-corrected chi connectivity index (χ1v) is 6.31. The van der Waals surface area contributed by atoms with Crippen LogP contribution in [0.5, 0.6) is 5.75 Å². The lowest BCUT2D eigenvalue weighted by atomic mass is 10.1. The van der Waals surface area contributed by atoms with E-state index in [2.05, 4.69) is 0 Å². The lowest BCUT2D eigenvalue weighted by Gasteiger charge is -2.35. The zero-order valence-corrected chi connectivity index (χ0v) is 12.4. The third kappa shape index (κ3) is 3.19. The molecule has 1 amide bonds. The first-order chi connectivity index (χ1) is 8.52. The Kier molecular flexibility index (Phi) is 5.20. The van der Waals surface area contributed by atoms with Crippen molar-refractivity contribution in [3.8, 4) is 5.75 Å². The predicted octanol–water partition coefficient (Wildman–Crippen LogP) is 2.13. The minimum atomic E-state index is -0.163. The number of ether oxygens (including phenoxy) is 1. The van der Waals surface area contributed by atoms with Gasteiger partial charge in [0.15, 0.2) is 0 Å². The molecule has 4 nitrogen and oxygen atoms in total. The van der Waals surface area contributed by atoms with E-state index in [9.17, 15) is 4.79 Å². The molecule has 2 unspecified atom stereocenters. The fraction of sp³-hybridized carbons (Fsp3) is 0.500. The highest BCUT2D eigenvalue weighted by Gasteiger charge is 2.29. The monoisotopic (exact) mass is 284 g/mol. The maximum atomic E-state index is 12.3. The number of nitrogens with two attached hydrogens (primary N) is 1. The van der Waals surface area contributed by atoms with Crippen LogP contribution in [0.15, 0.2) is 18.2 Å². The second kappa shape index (κ2) is 6.26. The van der Waals surface area contributed by atoms with Gasteiger partial charge in [0.2, 0.25) is 5.91 Å². The average Bonchev–Trinajstić information content (AvgIpc) is 2.35. The van der Waals surface area contributed by atoms with Crippen LogP contribution in [-0.2, 0) is 4.79 Å². The minimum absolute atomic E-state index is 0. The molecular formula is C14H21ClN2O2. The lowest BCUT2D eigenvalue weighted by Crippen LogP contribution is -2.45. The van der Waals surface area contributed by atoms with E-state index in [-0.39, 0.29) is 30.3 Å². The molecule has 0 saturated heterocycles. The van der Waals surface area contributed by atoms with Crippen molar-refractivity contribution in [3.05, 3.63) is 23.8 Å². The van der Waals surface area contributed by atoms with Gasteiger partial charge in [0.05, 0.1) is 12.2 Å². The van der Waals surface area contributed by atoms with Gasteiger partial charge < -0.3 is 15.4 Å². The van der Waals surface area contributed by atoms with Crippen LogP contribution in [0, 0.1) is 12.8 Å². The number of nitrogens with zero attached hydrogens (tertiary/aromatic N) is 1. The van der Waals surface area contributed by atoms with Gasteiger partial charge >= 0.3 is 0 Å². The summed E-state index contributed by atoms with van der Waals surface area (Å²) in [6, 6.07) is 5.90. The van der Waals surface area contributed by atoms with Gasteiger partial charge in [-0.2, -0.15) is 0 Å². The van der Waals surface area contributed by atoms with Gasteiger partial charge in [-0.3, -0.25) is 4.79 Å². The lowest BCUT2D eigenvalue weighted by molar-refractivity contribution is -0.122. The van der Waals surface area contributed by atoms with Crippen LogP contribution >= 0.6 is 12.4 Å². The Bertz CT molecular complexity index is 465. The van der Waals surface area contributed by atoms with Crippen molar-refractivity contribution in [3.63, 3.8) is 0 Å². The van der Waals surface area contributed by atoms with Crippen molar-refractivity contribution < 1.29 is 9.53 Å². The van der Waals surface area contributed by atoms with E-state index in [0.717, 1.165) is 17.0 Å². The third-order valence-electron chi connectivity index (χ3n) is 3.22. The van der Waals surface area contributed by atoms with Gasteiger partial charge in [0, 0.05) is 12.5 Å². The Morgan fingerprint density at radius 2 is 2.26 bits per heavy atom. The second-order valence-electron chi connectivity index (χ2n) is 4.99. The number of carbonyl (C=O) groups is 1. The zero-order valence-electron chi connectivity index (χ0n) is 11.6. The van der Waals surface area contributed by atoms with Crippen LogP contribution < -0.4 is 15.4 Å². The molecule has 2 N–H and O–H groups in total. The maximum absolute atomic E-state index is 12.3. The molecule has 2 rings (SSSR count). The number of anilines is 1. The Hall–Kier alpha value is -1.26. The Labute approximate surface area is 120 Å². The van der Waals surface area contributed by atoms with Crippen molar-refractivity contribution in [2.24, 2.45) is 11.7 Å². The van der Waals surface area contributed by atoms with E-state index in [1.807, 2.05) is 39.0 Å². The fourth-order valence-electron chi connectivity index (χ4n) is 2.12. The van der Waals surface area contributed by atoms with Gasteiger partial charge in [0.25, 0.3) is 0 Å². The number of rotatable bonds is 2. The number of aryl methyl sites for hydroxylation is 1. The van der Waals surface area contributed by atoms with E-state index in [1.165, 1.54) is 0 Å². The summed E-state index contributed by atoms with van der Waals surface area (Å²) in [7, 11) is 0. The predicted molar refractivity (Wildman–Crippen MR) is 79.1 cm³/mol. The number of amides is 1. The molecule has 0 bridgehead atoms. The number of hydrogen-bond acceptors (Lipinski definition) is 3. The number of carbonyl (C=O) groups excluding carboxylic acids is 1. The zero-order chi connectivity index (χ0) is 13.3. The molecule has 0 radical (unpaired) electrons. The van der Waals surface area contributed by atoms with E-state index in [1.54, 1.807) is 4.90 Å². The van der Waals surface area contributed by atoms with Crippen LogP contribution in [0.1, 0.15) is 19.4 Å². The Morgan fingerprint density at radius 3 is 2.89 bits per heavy atom. The highest BCUT2D eigenvalue weighted by atomic mass is 35.5. The molecule has 106 valence electrons. The summed E-state index contributed by atoms with van der Waals surface area (Å²) in [4.78, 5) is 14.1. The molecular weight excluding hydrogens is 264 g/mol. The van der Waals surface area contributed by atoms with Gasteiger partial charge in [-0.25, -0.2) is 0 Å². The van der Waals surface area contributed by atoms with Gasteiger partial charge in [-0.1, -0.05) is 13.0 Å². The highest BCUT2D eigenvalue weighted by molar-refractivity contribution is 5.96. The second-order valence-corrected chi connectivity index (χ2v) is 4.99. The van der Waals surface area contributed by atoms with Gasteiger partial charge in [0.1, 0.15) is 11.9 Å². The summed E-state index contributed by atoms with van der Waals surface area (Å²) >= 11 is 0. The van der Waals surface area contributed by atoms with Crippen LogP contribution in [0.4, 0.5) is 5.69 Å². The normalized spacial score (nSPS) is 18.9. The largest absolute Gasteiger partial charge is 0.487 e. The molecule has 5 heteroatoms. The Balaban J connectivity index is 0.00000180. The topological polar surface area (TPSA) is 55.6 Å².